The van der Waals surface area contributed by atoms with Gasteiger partial charge in [0.25, 0.3) is 0 Å². The maximum Gasteiger partial charge on any atom is 0.419 e. The molecule has 0 saturated carbocycles. The highest BCUT2D eigenvalue weighted by Crippen LogP contribution is 2.36. The fraction of sp³-hybridized carbons (Fsp3) is 0.308. The molecule has 1 aromatic carbocycles. The summed E-state index contributed by atoms with van der Waals surface area (Å²) in [5.41, 5.74) is -0.802. The first-order valence-electron chi connectivity index (χ1n) is 5.66. The third-order valence-electron chi connectivity index (χ3n) is 2.82. The Balaban J connectivity index is 2.02. The van der Waals surface area contributed by atoms with Gasteiger partial charge in [-0.3, -0.25) is 4.79 Å². The third kappa shape index (κ3) is 2.89. The number of hydrogen-bond acceptors (Lipinski definition) is 2. The molecule has 102 valence electrons. The van der Waals surface area contributed by atoms with Crippen LogP contribution in [0.25, 0.3) is 0 Å². The normalized spacial score (nSPS) is 15.8. The zero-order valence-corrected chi connectivity index (χ0v) is 9.98. The Morgan fingerprint density at radius 2 is 2.00 bits per heavy atom. The molecule has 0 aliphatic carbocycles. The van der Waals surface area contributed by atoms with Crippen molar-refractivity contribution in [3.8, 4) is 5.75 Å². The number of para-hydroxylation sites is 1. The summed E-state index contributed by atoms with van der Waals surface area (Å²) in [4.78, 5) is 12.6. The summed E-state index contributed by atoms with van der Waals surface area (Å²) in [6.45, 7) is 3.89. The Hall–Kier alpha value is -1.98. The first-order chi connectivity index (χ1) is 8.91. The van der Waals surface area contributed by atoms with Crippen molar-refractivity contribution < 1.29 is 22.7 Å². The number of halogens is 3. The van der Waals surface area contributed by atoms with Crippen LogP contribution in [0, 0.1) is 0 Å². The summed E-state index contributed by atoms with van der Waals surface area (Å²) in [5.74, 6) is -0.449. The first kappa shape index (κ1) is 13.5. The molecular weight excluding hydrogens is 259 g/mol. The van der Waals surface area contributed by atoms with Gasteiger partial charge in [0, 0.05) is 0 Å². The van der Waals surface area contributed by atoms with Gasteiger partial charge in [0.15, 0.2) is 0 Å². The molecule has 0 unspecified atom stereocenters. The number of nitrogens with zero attached hydrogens (tertiary/aromatic N) is 1. The predicted octanol–water partition coefficient (Wildman–Crippen LogP) is 2.48. The fourth-order valence-corrected chi connectivity index (χ4v) is 1.80. The summed E-state index contributed by atoms with van der Waals surface area (Å²) >= 11 is 0. The van der Waals surface area contributed by atoms with Crippen LogP contribution in [0.1, 0.15) is 5.56 Å². The molecule has 0 bridgehead atoms. The number of ether oxygens (including phenoxy) is 1. The van der Waals surface area contributed by atoms with Gasteiger partial charge >= 0.3 is 6.18 Å². The van der Waals surface area contributed by atoms with Crippen molar-refractivity contribution in [3.05, 3.63) is 42.5 Å². The van der Waals surface area contributed by atoms with Gasteiger partial charge in [-0.15, -0.1) is 0 Å². The molecule has 0 atom stereocenters. The summed E-state index contributed by atoms with van der Waals surface area (Å²) in [5, 5.41) is 0. The Morgan fingerprint density at radius 3 is 2.58 bits per heavy atom. The number of hydrogen-bond donors (Lipinski definition) is 0. The Kier molecular flexibility index (Phi) is 3.50. The van der Waals surface area contributed by atoms with Crippen LogP contribution >= 0.6 is 0 Å². The van der Waals surface area contributed by atoms with Gasteiger partial charge in [-0.25, -0.2) is 0 Å². The van der Waals surface area contributed by atoms with E-state index in [2.05, 4.69) is 6.58 Å². The molecule has 0 radical (unpaired) electrons. The molecule has 1 fully saturated rings. The van der Waals surface area contributed by atoms with Crippen molar-refractivity contribution in [3.63, 3.8) is 0 Å². The maximum absolute atomic E-state index is 12.7. The van der Waals surface area contributed by atoms with Gasteiger partial charge in [-0.05, 0) is 18.2 Å². The van der Waals surface area contributed by atoms with Crippen LogP contribution in [-0.4, -0.2) is 30.0 Å². The van der Waals surface area contributed by atoms with Crippen molar-refractivity contribution >= 4 is 5.91 Å². The number of carbonyl (C=O) groups is 1. The molecule has 0 aromatic heterocycles. The van der Waals surface area contributed by atoms with Crippen molar-refractivity contribution in [1.82, 2.24) is 4.90 Å². The van der Waals surface area contributed by atoms with E-state index < -0.39 is 17.8 Å². The fourth-order valence-electron chi connectivity index (χ4n) is 1.80. The number of alkyl halides is 3. The van der Waals surface area contributed by atoms with E-state index >= 15 is 0 Å². The van der Waals surface area contributed by atoms with Gasteiger partial charge in [0.1, 0.15) is 11.9 Å². The molecule has 0 spiro atoms. The second-order valence-corrected chi connectivity index (χ2v) is 4.18. The quantitative estimate of drug-likeness (QED) is 0.790. The monoisotopic (exact) mass is 271 g/mol. The average molecular weight is 271 g/mol. The molecule has 6 heteroatoms. The predicted molar refractivity (Wildman–Crippen MR) is 62.6 cm³/mol. The standard InChI is InChI=1S/C13H12F3NO2/c1-2-12(18)17-7-9(8-17)19-11-6-4-3-5-10(11)13(14,15)16/h2-6,9H,1,7-8H2. The number of amides is 1. The highest BCUT2D eigenvalue weighted by atomic mass is 19.4. The SMILES string of the molecule is C=CC(=O)N1CC(Oc2ccccc2C(F)(F)F)C1. The number of rotatable bonds is 3. The zero-order chi connectivity index (χ0) is 14.0. The van der Waals surface area contributed by atoms with Gasteiger partial charge in [-0.1, -0.05) is 18.7 Å². The summed E-state index contributed by atoms with van der Waals surface area (Å²) < 4.78 is 43.5. The van der Waals surface area contributed by atoms with Crippen LogP contribution in [0.3, 0.4) is 0 Å². The lowest BCUT2D eigenvalue weighted by molar-refractivity contribution is -0.142. The number of likely N-dealkylation sites (tertiary alicyclic amines) is 1. The zero-order valence-electron chi connectivity index (χ0n) is 9.98. The minimum Gasteiger partial charge on any atom is -0.486 e. The molecule has 1 aliphatic heterocycles. The number of benzene rings is 1. The Labute approximate surface area is 108 Å². The smallest absolute Gasteiger partial charge is 0.419 e. The van der Waals surface area contributed by atoms with E-state index in [9.17, 15) is 18.0 Å². The molecule has 1 saturated heterocycles. The average Bonchev–Trinajstić information content (AvgIpc) is 2.31. The van der Waals surface area contributed by atoms with Gasteiger partial charge in [-0.2, -0.15) is 13.2 Å². The highest BCUT2D eigenvalue weighted by molar-refractivity contribution is 5.87. The largest absolute Gasteiger partial charge is 0.486 e. The second-order valence-electron chi connectivity index (χ2n) is 4.18. The van der Waals surface area contributed by atoms with Crippen LogP contribution in [0.4, 0.5) is 13.2 Å². The summed E-state index contributed by atoms with van der Waals surface area (Å²) in [6.07, 6.45) is -3.69. The first-order valence-corrected chi connectivity index (χ1v) is 5.66. The molecule has 19 heavy (non-hydrogen) atoms. The van der Waals surface area contributed by atoms with E-state index in [4.69, 9.17) is 4.74 Å². The molecule has 1 aliphatic rings. The number of carbonyl (C=O) groups excluding carboxylic acids is 1. The van der Waals surface area contributed by atoms with Crippen LogP contribution in [0.15, 0.2) is 36.9 Å². The van der Waals surface area contributed by atoms with Crippen LogP contribution in [0.2, 0.25) is 0 Å². The third-order valence-corrected chi connectivity index (χ3v) is 2.82. The molecule has 1 amide bonds. The molecule has 1 heterocycles. The Morgan fingerprint density at radius 1 is 1.37 bits per heavy atom. The topological polar surface area (TPSA) is 29.5 Å². The van der Waals surface area contributed by atoms with Crippen LogP contribution in [-0.2, 0) is 11.0 Å². The van der Waals surface area contributed by atoms with Crippen molar-refractivity contribution in [2.45, 2.75) is 12.3 Å². The van der Waals surface area contributed by atoms with Gasteiger partial charge in [0.05, 0.1) is 18.7 Å². The minimum atomic E-state index is -4.45. The van der Waals surface area contributed by atoms with Crippen molar-refractivity contribution in [1.29, 1.82) is 0 Å². The molecule has 2 rings (SSSR count). The van der Waals surface area contributed by atoms with E-state index in [0.29, 0.717) is 0 Å². The lowest BCUT2D eigenvalue weighted by Crippen LogP contribution is -2.55. The summed E-state index contributed by atoms with van der Waals surface area (Å²) in [6, 6.07) is 5.04. The van der Waals surface area contributed by atoms with E-state index in [-0.39, 0.29) is 24.7 Å². The lowest BCUT2D eigenvalue weighted by Gasteiger charge is -2.38. The van der Waals surface area contributed by atoms with Crippen molar-refractivity contribution in [2.75, 3.05) is 13.1 Å². The van der Waals surface area contributed by atoms with E-state index in [1.54, 1.807) is 0 Å². The van der Waals surface area contributed by atoms with Crippen LogP contribution < -0.4 is 4.74 Å². The molecule has 3 nitrogen and oxygen atoms in total. The lowest BCUT2D eigenvalue weighted by atomic mass is 10.1. The minimum absolute atomic E-state index is 0.203. The van der Waals surface area contributed by atoms with Gasteiger partial charge < -0.3 is 9.64 Å². The highest BCUT2D eigenvalue weighted by Gasteiger charge is 2.37. The second kappa shape index (κ2) is 4.95. The van der Waals surface area contributed by atoms with E-state index in [1.807, 2.05) is 0 Å². The van der Waals surface area contributed by atoms with Crippen molar-refractivity contribution in [2.24, 2.45) is 0 Å². The van der Waals surface area contributed by atoms with E-state index in [1.165, 1.54) is 29.2 Å². The maximum atomic E-state index is 12.7. The molecule has 0 N–H and O–H groups in total. The van der Waals surface area contributed by atoms with Crippen LogP contribution in [0.5, 0.6) is 5.75 Å². The van der Waals surface area contributed by atoms with Gasteiger partial charge in [0.2, 0.25) is 5.91 Å². The summed E-state index contributed by atoms with van der Waals surface area (Å²) in [7, 11) is 0. The molecular formula is C13H12F3NO2. The van der Waals surface area contributed by atoms with E-state index in [0.717, 1.165) is 6.07 Å². The Bertz CT molecular complexity index is 493. The molecule has 1 aromatic rings.